The fourth-order valence-electron chi connectivity index (χ4n) is 3.54. The van der Waals surface area contributed by atoms with E-state index < -0.39 is 0 Å². The lowest BCUT2D eigenvalue weighted by molar-refractivity contribution is 0.138. The third kappa shape index (κ3) is 4.55. The normalized spacial score (nSPS) is 22.3. The largest absolute Gasteiger partial charge is 0.314 e. The molecule has 3 rings (SSSR count). The van der Waals surface area contributed by atoms with Crippen LogP contribution in [0.3, 0.4) is 0 Å². The first-order chi connectivity index (χ1) is 10.3. The smallest absolute Gasteiger partial charge is 0.0133 e. The van der Waals surface area contributed by atoms with E-state index in [4.69, 9.17) is 0 Å². The Bertz CT molecular complexity index is 405. The Morgan fingerprint density at radius 1 is 1.10 bits per heavy atom. The van der Waals surface area contributed by atoms with Gasteiger partial charge in [-0.3, -0.25) is 4.90 Å². The molecule has 1 aromatic carbocycles. The molecule has 0 aromatic heterocycles. The Morgan fingerprint density at radius 3 is 2.43 bits per heavy atom. The molecule has 1 aliphatic carbocycles. The molecule has 1 atom stereocenters. The molecule has 2 heteroatoms. The molecule has 0 amide bonds. The minimum Gasteiger partial charge on any atom is -0.314 e. The lowest BCUT2D eigenvalue weighted by Gasteiger charge is -2.37. The highest BCUT2D eigenvalue weighted by molar-refractivity contribution is 5.16. The van der Waals surface area contributed by atoms with Crippen molar-refractivity contribution in [2.45, 2.75) is 57.5 Å². The summed E-state index contributed by atoms with van der Waals surface area (Å²) < 4.78 is 0. The predicted molar refractivity (Wildman–Crippen MR) is 89.5 cm³/mol. The van der Waals surface area contributed by atoms with Gasteiger partial charge in [-0.25, -0.2) is 0 Å². The van der Waals surface area contributed by atoms with E-state index in [9.17, 15) is 0 Å². The molecule has 116 valence electrons. The van der Waals surface area contributed by atoms with Gasteiger partial charge < -0.3 is 5.32 Å². The van der Waals surface area contributed by atoms with Crippen LogP contribution >= 0.6 is 0 Å². The maximum absolute atomic E-state index is 3.78. The van der Waals surface area contributed by atoms with Crippen LogP contribution in [0.25, 0.3) is 0 Å². The summed E-state index contributed by atoms with van der Waals surface area (Å²) in [6, 6.07) is 12.5. The zero-order valence-corrected chi connectivity index (χ0v) is 13.4. The Kier molecular flexibility index (Phi) is 5.32. The van der Waals surface area contributed by atoms with Crippen molar-refractivity contribution in [3.8, 4) is 0 Å². The molecule has 2 fully saturated rings. The number of piperidine rings is 1. The summed E-state index contributed by atoms with van der Waals surface area (Å²) in [4.78, 5) is 2.72. The van der Waals surface area contributed by atoms with Crippen molar-refractivity contribution in [1.82, 2.24) is 10.2 Å². The maximum Gasteiger partial charge on any atom is 0.0133 e. The fourth-order valence-corrected chi connectivity index (χ4v) is 3.54. The zero-order chi connectivity index (χ0) is 14.5. The number of hydrogen-bond acceptors (Lipinski definition) is 2. The summed E-state index contributed by atoms with van der Waals surface area (Å²) in [7, 11) is 0. The average Bonchev–Trinajstić information content (AvgIpc) is 3.37. The molecule has 2 aliphatic rings. The molecule has 1 N–H and O–H groups in total. The first kappa shape index (κ1) is 15.1. The highest BCUT2D eigenvalue weighted by Crippen LogP contribution is 2.28. The molecule has 1 saturated heterocycles. The second kappa shape index (κ2) is 7.42. The first-order valence-electron chi connectivity index (χ1n) is 8.86. The number of nitrogens with zero attached hydrogens (tertiary/aromatic N) is 1. The second-order valence-electron chi connectivity index (χ2n) is 6.91. The third-order valence-corrected chi connectivity index (χ3v) is 5.22. The fraction of sp³-hybridized carbons (Fsp3) is 0.684. The average molecular weight is 286 g/mol. The molecular weight excluding hydrogens is 256 g/mol. The van der Waals surface area contributed by atoms with E-state index in [0.717, 1.165) is 18.0 Å². The van der Waals surface area contributed by atoms with Gasteiger partial charge in [-0.1, -0.05) is 37.3 Å². The van der Waals surface area contributed by atoms with E-state index in [1.54, 1.807) is 0 Å². The SMILES string of the molecule is CCC(Cc1ccccc1)N1CCC(NCC2CC2)CC1. The predicted octanol–water partition coefficient (Wildman–Crippen LogP) is 3.47. The van der Waals surface area contributed by atoms with Crippen LogP contribution in [0.15, 0.2) is 30.3 Å². The number of rotatable bonds is 7. The third-order valence-electron chi connectivity index (χ3n) is 5.22. The van der Waals surface area contributed by atoms with E-state index in [1.165, 1.54) is 63.7 Å². The van der Waals surface area contributed by atoms with Crippen molar-refractivity contribution >= 4 is 0 Å². The summed E-state index contributed by atoms with van der Waals surface area (Å²) in [5, 5.41) is 3.78. The van der Waals surface area contributed by atoms with Gasteiger partial charge in [0, 0.05) is 12.1 Å². The van der Waals surface area contributed by atoms with Crippen molar-refractivity contribution in [1.29, 1.82) is 0 Å². The van der Waals surface area contributed by atoms with Crippen LogP contribution in [0.5, 0.6) is 0 Å². The molecular formula is C19H30N2. The lowest BCUT2D eigenvalue weighted by atomic mass is 9.98. The van der Waals surface area contributed by atoms with Gasteiger partial charge in [0.05, 0.1) is 0 Å². The molecule has 2 nitrogen and oxygen atoms in total. The number of benzene rings is 1. The van der Waals surface area contributed by atoms with Crippen molar-refractivity contribution in [3.63, 3.8) is 0 Å². The summed E-state index contributed by atoms with van der Waals surface area (Å²) in [6.07, 6.45) is 8.05. The van der Waals surface area contributed by atoms with Crippen LogP contribution in [0.4, 0.5) is 0 Å². The first-order valence-corrected chi connectivity index (χ1v) is 8.86. The van der Waals surface area contributed by atoms with E-state index in [1.807, 2.05) is 0 Å². The van der Waals surface area contributed by atoms with Gasteiger partial charge in [-0.15, -0.1) is 0 Å². The van der Waals surface area contributed by atoms with Gasteiger partial charge in [-0.2, -0.15) is 0 Å². The van der Waals surface area contributed by atoms with Gasteiger partial charge in [0.2, 0.25) is 0 Å². The Balaban J connectivity index is 1.44. The molecule has 1 unspecified atom stereocenters. The number of likely N-dealkylation sites (tertiary alicyclic amines) is 1. The van der Waals surface area contributed by atoms with Gasteiger partial charge in [0.1, 0.15) is 0 Å². The number of hydrogen-bond donors (Lipinski definition) is 1. The van der Waals surface area contributed by atoms with E-state index in [-0.39, 0.29) is 0 Å². The molecule has 1 saturated carbocycles. The van der Waals surface area contributed by atoms with Gasteiger partial charge in [0.25, 0.3) is 0 Å². The standard InChI is InChI=1S/C19H30N2/c1-2-19(14-16-6-4-3-5-7-16)21-12-10-18(11-13-21)20-15-17-8-9-17/h3-7,17-20H,2,8-15H2,1H3. The van der Waals surface area contributed by atoms with Crippen LogP contribution in [-0.2, 0) is 6.42 Å². The number of nitrogens with one attached hydrogen (secondary N) is 1. The lowest BCUT2D eigenvalue weighted by Crippen LogP contribution is -2.47. The second-order valence-corrected chi connectivity index (χ2v) is 6.91. The molecule has 0 spiro atoms. The van der Waals surface area contributed by atoms with Crippen molar-refractivity contribution < 1.29 is 0 Å². The quantitative estimate of drug-likeness (QED) is 0.825. The van der Waals surface area contributed by atoms with Crippen LogP contribution in [0.1, 0.15) is 44.6 Å². The van der Waals surface area contributed by atoms with Crippen LogP contribution in [-0.4, -0.2) is 36.6 Å². The van der Waals surface area contributed by atoms with Crippen molar-refractivity contribution in [2.24, 2.45) is 5.92 Å². The van der Waals surface area contributed by atoms with Gasteiger partial charge in [-0.05, 0) is 69.6 Å². The van der Waals surface area contributed by atoms with E-state index in [0.29, 0.717) is 0 Å². The minimum absolute atomic E-state index is 0.719. The van der Waals surface area contributed by atoms with E-state index >= 15 is 0 Å². The molecule has 1 heterocycles. The van der Waals surface area contributed by atoms with Crippen molar-refractivity contribution in [3.05, 3.63) is 35.9 Å². The van der Waals surface area contributed by atoms with Gasteiger partial charge >= 0.3 is 0 Å². The molecule has 0 radical (unpaired) electrons. The Labute approximate surface area is 129 Å². The molecule has 1 aliphatic heterocycles. The topological polar surface area (TPSA) is 15.3 Å². The molecule has 1 aromatic rings. The van der Waals surface area contributed by atoms with Crippen LogP contribution < -0.4 is 5.32 Å². The van der Waals surface area contributed by atoms with Crippen LogP contribution in [0, 0.1) is 5.92 Å². The molecule has 21 heavy (non-hydrogen) atoms. The highest BCUT2D eigenvalue weighted by atomic mass is 15.2. The van der Waals surface area contributed by atoms with E-state index in [2.05, 4.69) is 47.5 Å². The minimum atomic E-state index is 0.719. The van der Waals surface area contributed by atoms with Gasteiger partial charge in [0.15, 0.2) is 0 Å². The zero-order valence-electron chi connectivity index (χ0n) is 13.4. The maximum atomic E-state index is 3.78. The summed E-state index contributed by atoms with van der Waals surface area (Å²) >= 11 is 0. The highest BCUT2D eigenvalue weighted by Gasteiger charge is 2.26. The summed E-state index contributed by atoms with van der Waals surface area (Å²) in [6.45, 7) is 6.15. The molecule has 0 bridgehead atoms. The summed E-state index contributed by atoms with van der Waals surface area (Å²) in [5.41, 5.74) is 1.48. The summed E-state index contributed by atoms with van der Waals surface area (Å²) in [5.74, 6) is 1.00. The van der Waals surface area contributed by atoms with Crippen molar-refractivity contribution in [2.75, 3.05) is 19.6 Å². The monoisotopic (exact) mass is 286 g/mol. The Morgan fingerprint density at radius 2 is 1.81 bits per heavy atom. The van der Waals surface area contributed by atoms with Crippen LogP contribution in [0.2, 0.25) is 0 Å². The Hall–Kier alpha value is -0.860.